The van der Waals surface area contributed by atoms with Crippen molar-refractivity contribution in [1.29, 1.82) is 0 Å². The van der Waals surface area contributed by atoms with Crippen LogP contribution in [-0.4, -0.2) is 27.5 Å². The number of fused-ring (bicyclic) bond motifs is 1. The molecule has 1 atom stereocenters. The molecule has 2 aromatic rings. The van der Waals surface area contributed by atoms with Crippen molar-refractivity contribution in [3.05, 3.63) is 30.0 Å². The smallest absolute Gasteiger partial charge is 0.0841 e. The van der Waals surface area contributed by atoms with E-state index in [1.807, 2.05) is 16.8 Å². The van der Waals surface area contributed by atoms with E-state index in [2.05, 4.69) is 43.3 Å². The number of aliphatic hydroxyl groups is 1. The highest BCUT2D eigenvalue weighted by molar-refractivity contribution is 5.81. The molecule has 0 fully saturated rings. The summed E-state index contributed by atoms with van der Waals surface area (Å²) in [5, 5.41) is 18.7. The molecule has 20 heavy (non-hydrogen) atoms. The topological polar surface area (TPSA) is 50.1 Å². The van der Waals surface area contributed by atoms with Crippen molar-refractivity contribution in [3.8, 4) is 0 Å². The zero-order valence-electron chi connectivity index (χ0n) is 12.6. The van der Waals surface area contributed by atoms with Crippen molar-refractivity contribution < 1.29 is 5.11 Å². The molecule has 0 saturated heterocycles. The molecular formula is C16H25N3O. The third-order valence-electron chi connectivity index (χ3n) is 3.57. The zero-order chi connectivity index (χ0) is 14.5. The fourth-order valence-corrected chi connectivity index (χ4v) is 2.60. The molecule has 0 aliphatic rings. The quantitative estimate of drug-likeness (QED) is 0.816. The predicted molar refractivity (Wildman–Crippen MR) is 82.6 cm³/mol. The second-order valence-electron chi connectivity index (χ2n) is 5.67. The van der Waals surface area contributed by atoms with Crippen LogP contribution in [0.1, 0.15) is 32.9 Å². The molecule has 0 aliphatic heterocycles. The summed E-state index contributed by atoms with van der Waals surface area (Å²) in [6, 6.07) is 8.45. The van der Waals surface area contributed by atoms with Gasteiger partial charge in [0.15, 0.2) is 0 Å². The maximum Gasteiger partial charge on any atom is 0.0841 e. The van der Waals surface area contributed by atoms with Gasteiger partial charge in [0, 0.05) is 24.5 Å². The molecule has 2 N–H and O–H groups in total. The summed E-state index contributed by atoms with van der Waals surface area (Å²) in [5.41, 5.74) is 2.24. The highest BCUT2D eigenvalue weighted by Gasteiger charge is 2.13. The van der Waals surface area contributed by atoms with Crippen LogP contribution in [0.25, 0.3) is 10.9 Å². The fraction of sp³-hybridized carbons (Fsp3) is 0.562. The number of aliphatic hydroxyl groups excluding tert-OH is 1. The molecule has 110 valence electrons. The highest BCUT2D eigenvalue weighted by Crippen LogP contribution is 2.18. The Morgan fingerprint density at radius 3 is 2.70 bits per heavy atom. The van der Waals surface area contributed by atoms with E-state index >= 15 is 0 Å². The van der Waals surface area contributed by atoms with Gasteiger partial charge >= 0.3 is 0 Å². The molecular weight excluding hydrogens is 250 g/mol. The Kier molecular flexibility index (Phi) is 5.15. The SMILES string of the molecule is CCn1nc(CNC(CO)CC(C)C)c2ccccc21. The van der Waals surface area contributed by atoms with Crippen LogP contribution in [0, 0.1) is 5.92 Å². The van der Waals surface area contributed by atoms with Crippen molar-refractivity contribution in [3.63, 3.8) is 0 Å². The van der Waals surface area contributed by atoms with Crippen LogP contribution in [0.15, 0.2) is 24.3 Å². The number of hydrogen-bond acceptors (Lipinski definition) is 3. The first-order chi connectivity index (χ1) is 9.65. The van der Waals surface area contributed by atoms with Crippen LogP contribution >= 0.6 is 0 Å². The van der Waals surface area contributed by atoms with Crippen molar-refractivity contribution >= 4 is 10.9 Å². The second-order valence-corrected chi connectivity index (χ2v) is 5.67. The minimum Gasteiger partial charge on any atom is -0.395 e. The van der Waals surface area contributed by atoms with Gasteiger partial charge in [0.2, 0.25) is 0 Å². The van der Waals surface area contributed by atoms with Gasteiger partial charge in [-0.05, 0) is 25.3 Å². The molecule has 0 saturated carbocycles. The Morgan fingerprint density at radius 1 is 1.30 bits per heavy atom. The van der Waals surface area contributed by atoms with Gasteiger partial charge in [-0.3, -0.25) is 4.68 Å². The third-order valence-corrected chi connectivity index (χ3v) is 3.57. The third kappa shape index (κ3) is 3.38. The van der Waals surface area contributed by atoms with E-state index < -0.39 is 0 Å². The Morgan fingerprint density at radius 2 is 2.05 bits per heavy atom. The van der Waals surface area contributed by atoms with Gasteiger partial charge in [0.25, 0.3) is 0 Å². The van der Waals surface area contributed by atoms with Crippen LogP contribution in [0.4, 0.5) is 0 Å². The van der Waals surface area contributed by atoms with Gasteiger partial charge < -0.3 is 10.4 Å². The standard InChI is InChI=1S/C16H25N3O/c1-4-19-16-8-6-5-7-14(16)15(18-19)10-17-13(11-20)9-12(2)3/h5-8,12-13,17,20H,4,9-11H2,1-3H3. The zero-order valence-corrected chi connectivity index (χ0v) is 12.6. The Bertz CT molecular complexity index is 548. The maximum atomic E-state index is 9.43. The van der Waals surface area contributed by atoms with Crippen LogP contribution in [-0.2, 0) is 13.1 Å². The number of aromatic nitrogens is 2. The Balaban J connectivity index is 2.13. The van der Waals surface area contributed by atoms with E-state index in [9.17, 15) is 5.11 Å². The first-order valence-electron chi connectivity index (χ1n) is 7.44. The van der Waals surface area contributed by atoms with Crippen molar-refractivity contribution in [2.45, 2.75) is 46.3 Å². The number of nitrogens with zero attached hydrogens (tertiary/aromatic N) is 2. The molecule has 0 bridgehead atoms. The van der Waals surface area contributed by atoms with Crippen LogP contribution in [0.5, 0.6) is 0 Å². The van der Waals surface area contributed by atoms with Crippen molar-refractivity contribution in [1.82, 2.24) is 15.1 Å². The average Bonchev–Trinajstić information content (AvgIpc) is 2.81. The lowest BCUT2D eigenvalue weighted by atomic mass is 10.0. The van der Waals surface area contributed by atoms with Crippen molar-refractivity contribution in [2.24, 2.45) is 5.92 Å². The number of nitrogens with one attached hydrogen (secondary N) is 1. The number of aryl methyl sites for hydroxylation is 1. The number of rotatable bonds is 7. The summed E-state index contributed by atoms with van der Waals surface area (Å²) in [6.45, 7) is 8.19. The van der Waals surface area contributed by atoms with E-state index in [1.165, 1.54) is 10.9 Å². The van der Waals surface area contributed by atoms with E-state index in [1.54, 1.807) is 0 Å². The van der Waals surface area contributed by atoms with Gasteiger partial charge in [0.1, 0.15) is 0 Å². The van der Waals surface area contributed by atoms with Crippen LogP contribution < -0.4 is 5.32 Å². The maximum absolute atomic E-state index is 9.43. The van der Waals surface area contributed by atoms with E-state index in [-0.39, 0.29) is 12.6 Å². The summed E-state index contributed by atoms with van der Waals surface area (Å²) in [5.74, 6) is 0.574. The summed E-state index contributed by atoms with van der Waals surface area (Å²) in [7, 11) is 0. The van der Waals surface area contributed by atoms with Gasteiger partial charge in [-0.25, -0.2) is 0 Å². The normalized spacial score (nSPS) is 13.2. The van der Waals surface area contributed by atoms with Gasteiger partial charge in [0.05, 0.1) is 17.8 Å². The van der Waals surface area contributed by atoms with Crippen molar-refractivity contribution in [2.75, 3.05) is 6.61 Å². The van der Waals surface area contributed by atoms with E-state index in [0.717, 1.165) is 18.7 Å². The minimum absolute atomic E-state index is 0.139. The molecule has 1 aromatic carbocycles. The number of benzene rings is 1. The van der Waals surface area contributed by atoms with E-state index in [0.29, 0.717) is 12.5 Å². The van der Waals surface area contributed by atoms with Gasteiger partial charge in [-0.15, -0.1) is 0 Å². The molecule has 0 spiro atoms. The molecule has 2 rings (SSSR count). The summed E-state index contributed by atoms with van der Waals surface area (Å²) in [4.78, 5) is 0. The van der Waals surface area contributed by atoms with Gasteiger partial charge in [-0.1, -0.05) is 32.0 Å². The lowest BCUT2D eigenvalue weighted by molar-refractivity contribution is 0.223. The summed E-state index contributed by atoms with van der Waals surface area (Å²) < 4.78 is 2.03. The average molecular weight is 275 g/mol. The Labute approximate surface area is 120 Å². The predicted octanol–water partition coefficient (Wildman–Crippen LogP) is 2.55. The monoisotopic (exact) mass is 275 g/mol. The first kappa shape index (κ1) is 15.0. The molecule has 1 aromatic heterocycles. The molecule has 1 unspecified atom stereocenters. The van der Waals surface area contributed by atoms with Gasteiger partial charge in [-0.2, -0.15) is 5.10 Å². The lowest BCUT2D eigenvalue weighted by Crippen LogP contribution is -2.33. The van der Waals surface area contributed by atoms with Crippen LogP contribution in [0.3, 0.4) is 0 Å². The molecule has 0 radical (unpaired) electrons. The minimum atomic E-state index is 0.139. The molecule has 0 aliphatic carbocycles. The second kappa shape index (κ2) is 6.86. The molecule has 4 heteroatoms. The molecule has 1 heterocycles. The van der Waals surface area contributed by atoms with E-state index in [4.69, 9.17) is 0 Å². The summed E-state index contributed by atoms with van der Waals surface area (Å²) >= 11 is 0. The first-order valence-corrected chi connectivity index (χ1v) is 7.44. The molecule has 4 nitrogen and oxygen atoms in total. The Hall–Kier alpha value is -1.39. The lowest BCUT2D eigenvalue weighted by Gasteiger charge is -2.17. The largest absolute Gasteiger partial charge is 0.395 e. The fourth-order valence-electron chi connectivity index (χ4n) is 2.60. The number of para-hydroxylation sites is 1. The highest BCUT2D eigenvalue weighted by atomic mass is 16.3. The summed E-state index contributed by atoms with van der Waals surface area (Å²) in [6.07, 6.45) is 0.975. The molecule has 0 amide bonds. The van der Waals surface area contributed by atoms with Crippen LogP contribution in [0.2, 0.25) is 0 Å². The number of hydrogen-bond donors (Lipinski definition) is 2.